The smallest absolute Gasteiger partial charge is 0.219 e. The van der Waals surface area contributed by atoms with Crippen molar-refractivity contribution in [3.05, 3.63) is 11.6 Å². The molecule has 2 saturated heterocycles. The SMILES string of the molecule is CC(=O)N1CCC(c2nnc(CN3CCCC3)n2C2CC2)CC1. The van der Waals surface area contributed by atoms with Crippen molar-refractivity contribution in [2.24, 2.45) is 0 Å². The van der Waals surface area contributed by atoms with Gasteiger partial charge in [-0.2, -0.15) is 0 Å². The third-order valence-electron chi connectivity index (χ3n) is 5.57. The second-order valence-corrected chi connectivity index (χ2v) is 7.34. The molecule has 126 valence electrons. The predicted octanol–water partition coefficient (Wildman–Crippen LogP) is 1.93. The van der Waals surface area contributed by atoms with Gasteiger partial charge in [0.05, 0.1) is 6.54 Å². The number of carbonyl (C=O) groups is 1. The van der Waals surface area contributed by atoms with E-state index in [9.17, 15) is 4.79 Å². The first-order valence-electron chi connectivity index (χ1n) is 9.14. The summed E-state index contributed by atoms with van der Waals surface area (Å²) in [7, 11) is 0. The first kappa shape index (κ1) is 15.1. The molecule has 2 aliphatic heterocycles. The fourth-order valence-corrected chi connectivity index (χ4v) is 4.05. The van der Waals surface area contributed by atoms with Crippen molar-refractivity contribution in [1.29, 1.82) is 0 Å². The molecule has 0 N–H and O–H groups in total. The lowest BCUT2D eigenvalue weighted by atomic mass is 9.96. The van der Waals surface area contributed by atoms with Gasteiger partial charge >= 0.3 is 0 Å². The summed E-state index contributed by atoms with van der Waals surface area (Å²) in [6, 6.07) is 0.628. The molecule has 1 aromatic heterocycles. The van der Waals surface area contributed by atoms with Crippen molar-refractivity contribution in [3.63, 3.8) is 0 Å². The van der Waals surface area contributed by atoms with Gasteiger partial charge in [-0.05, 0) is 51.6 Å². The lowest BCUT2D eigenvalue weighted by molar-refractivity contribution is -0.129. The molecular weight excluding hydrogens is 290 g/mol. The maximum Gasteiger partial charge on any atom is 0.219 e. The summed E-state index contributed by atoms with van der Waals surface area (Å²) in [6.45, 7) is 6.74. The van der Waals surface area contributed by atoms with Gasteiger partial charge in [0.25, 0.3) is 0 Å². The monoisotopic (exact) mass is 317 g/mol. The van der Waals surface area contributed by atoms with Crippen molar-refractivity contribution in [2.45, 2.75) is 64.0 Å². The Balaban J connectivity index is 1.50. The molecule has 0 radical (unpaired) electrons. The van der Waals surface area contributed by atoms with Crippen LogP contribution in [0.1, 0.15) is 69.1 Å². The van der Waals surface area contributed by atoms with Crippen LogP contribution in [0.4, 0.5) is 0 Å². The van der Waals surface area contributed by atoms with Crippen molar-refractivity contribution in [3.8, 4) is 0 Å². The second-order valence-electron chi connectivity index (χ2n) is 7.34. The molecule has 1 saturated carbocycles. The number of piperidine rings is 1. The summed E-state index contributed by atoms with van der Waals surface area (Å²) in [5.74, 6) is 3.01. The fourth-order valence-electron chi connectivity index (χ4n) is 4.05. The van der Waals surface area contributed by atoms with Crippen LogP contribution < -0.4 is 0 Å². The Morgan fingerprint density at radius 1 is 1.04 bits per heavy atom. The van der Waals surface area contributed by atoms with Crippen LogP contribution in [0.2, 0.25) is 0 Å². The zero-order chi connectivity index (χ0) is 15.8. The van der Waals surface area contributed by atoms with Gasteiger partial charge in [0.2, 0.25) is 5.91 Å². The van der Waals surface area contributed by atoms with E-state index < -0.39 is 0 Å². The number of hydrogen-bond acceptors (Lipinski definition) is 4. The molecule has 3 heterocycles. The van der Waals surface area contributed by atoms with Gasteiger partial charge in [0.1, 0.15) is 11.6 Å². The van der Waals surface area contributed by atoms with E-state index in [1.807, 2.05) is 4.90 Å². The van der Waals surface area contributed by atoms with Crippen molar-refractivity contribution in [1.82, 2.24) is 24.6 Å². The van der Waals surface area contributed by atoms with Crippen molar-refractivity contribution >= 4 is 5.91 Å². The molecule has 4 rings (SSSR count). The van der Waals surface area contributed by atoms with Gasteiger partial charge in [-0.15, -0.1) is 10.2 Å². The van der Waals surface area contributed by atoms with Crippen molar-refractivity contribution < 1.29 is 4.79 Å². The quantitative estimate of drug-likeness (QED) is 0.851. The molecule has 3 aliphatic rings. The molecule has 0 aromatic carbocycles. The molecular formula is C17H27N5O. The lowest BCUT2D eigenvalue weighted by Gasteiger charge is -2.31. The maximum absolute atomic E-state index is 11.5. The molecule has 0 atom stereocenters. The third-order valence-corrected chi connectivity index (χ3v) is 5.57. The maximum atomic E-state index is 11.5. The van der Waals surface area contributed by atoms with E-state index in [-0.39, 0.29) is 5.91 Å². The Morgan fingerprint density at radius 2 is 1.74 bits per heavy atom. The van der Waals surface area contributed by atoms with Gasteiger partial charge in [0, 0.05) is 32.0 Å². The number of amides is 1. The van der Waals surface area contributed by atoms with Gasteiger partial charge in [-0.1, -0.05) is 0 Å². The van der Waals surface area contributed by atoms with E-state index in [4.69, 9.17) is 0 Å². The summed E-state index contributed by atoms with van der Waals surface area (Å²) in [5, 5.41) is 9.16. The molecule has 3 fully saturated rings. The Morgan fingerprint density at radius 3 is 2.35 bits per heavy atom. The van der Waals surface area contributed by atoms with Crippen LogP contribution in [0.5, 0.6) is 0 Å². The van der Waals surface area contributed by atoms with Gasteiger partial charge in [0.15, 0.2) is 0 Å². The van der Waals surface area contributed by atoms with E-state index >= 15 is 0 Å². The number of likely N-dealkylation sites (tertiary alicyclic amines) is 2. The summed E-state index contributed by atoms with van der Waals surface area (Å²) in [4.78, 5) is 16.0. The molecule has 1 amide bonds. The van der Waals surface area contributed by atoms with Crippen LogP contribution in [0.15, 0.2) is 0 Å². The van der Waals surface area contributed by atoms with E-state index in [1.54, 1.807) is 6.92 Å². The zero-order valence-electron chi connectivity index (χ0n) is 14.1. The molecule has 0 bridgehead atoms. The summed E-state index contributed by atoms with van der Waals surface area (Å²) < 4.78 is 2.45. The summed E-state index contributed by atoms with van der Waals surface area (Å²) in [5.41, 5.74) is 0. The highest BCUT2D eigenvalue weighted by Crippen LogP contribution is 2.40. The Kier molecular flexibility index (Phi) is 4.09. The fraction of sp³-hybridized carbons (Fsp3) is 0.824. The molecule has 6 heteroatoms. The number of hydrogen-bond donors (Lipinski definition) is 0. The van der Waals surface area contributed by atoms with E-state index in [2.05, 4.69) is 19.7 Å². The number of carbonyl (C=O) groups excluding carboxylic acids is 1. The second kappa shape index (κ2) is 6.23. The highest BCUT2D eigenvalue weighted by Gasteiger charge is 2.34. The average molecular weight is 317 g/mol. The van der Waals surface area contributed by atoms with E-state index in [0.717, 1.165) is 32.5 Å². The number of aromatic nitrogens is 3. The minimum absolute atomic E-state index is 0.196. The summed E-state index contributed by atoms with van der Waals surface area (Å²) in [6.07, 6.45) is 7.21. The Bertz CT molecular complexity index is 566. The molecule has 1 aromatic rings. The predicted molar refractivity (Wildman–Crippen MR) is 87.0 cm³/mol. The Hall–Kier alpha value is -1.43. The molecule has 6 nitrogen and oxygen atoms in total. The average Bonchev–Trinajstić information content (AvgIpc) is 3.10. The largest absolute Gasteiger partial charge is 0.343 e. The number of rotatable bonds is 4. The zero-order valence-corrected chi connectivity index (χ0v) is 14.1. The van der Waals surface area contributed by atoms with Crippen molar-refractivity contribution in [2.75, 3.05) is 26.2 Å². The van der Waals surface area contributed by atoms with Crippen LogP contribution in [0.25, 0.3) is 0 Å². The van der Waals surface area contributed by atoms with Gasteiger partial charge in [-0.3, -0.25) is 9.69 Å². The standard InChI is InChI=1S/C17H27N5O/c1-13(23)21-10-6-14(7-11-21)17-19-18-16(22(17)15-4-5-15)12-20-8-2-3-9-20/h14-15H,2-12H2,1H3. The lowest BCUT2D eigenvalue weighted by Crippen LogP contribution is -2.37. The van der Waals surface area contributed by atoms with Gasteiger partial charge < -0.3 is 9.47 Å². The van der Waals surface area contributed by atoms with Crippen LogP contribution in [0.3, 0.4) is 0 Å². The van der Waals surface area contributed by atoms with Crippen LogP contribution >= 0.6 is 0 Å². The molecule has 0 spiro atoms. The van der Waals surface area contributed by atoms with Crippen LogP contribution in [0, 0.1) is 0 Å². The normalized spacial score (nSPS) is 23.6. The first-order chi connectivity index (χ1) is 11.2. The Labute approximate surface area is 137 Å². The molecule has 1 aliphatic carbocycles. The van der Waals surface area contributed by atoms with Crippen LogP contribution in [-0.4, -0.2) is 56.7 Å². The minimum Gasteiger partial charge on any atom is -0.343 e. The van der Waals surface area contributed by atoms with Crippen LogP contribution in [-0.2, 0) is 11.3 Å². The first-order valence-corrected chi connectivity index (χ1v) is 9.14. The number of nitrogens with zero attached hydrogens (tertiary/aromatic N) is 5. The van der Waals surface area contributed by atoms with E-state index in [1.165, 1.54) is 50.4 Å². The highest BCUT2D eigenvalue weighted by atomic mass is 16.2. The highest BCUT2D eigenvalue weighted by molar-refractivity contribution is 5.73. The minimum atomic E-state index is 0.196. The third kappa shape index (κ3) is 3.13. The molecule has 0 unspecified atom stereocenters. The topological polar surface area (TPSA) is 54.3 Å². The summed E-state index contributed by atoms with van der Waals surface area (Å²) >= 11 is 0. The molecule has 23 heavy (non-hydrogen) atoms. The van der Waals surface area contributed by atoms with Gasteiger partial charge in [-0.25, -0.2) is 0 Å². The van der Waals surface area contributed by atoms with E-state index in [0.29, 0.717) is 12.0 Å².